The van der Waals surface area contributed by atoms with Crippen LogP contribution >= 0.6 is 0 Å². The highest BCUT2D eigenvalue weighted by Crippen LogP contribution is 2.31. The number of hydrogen-bond acceptors (Lipinski definition) is 3. The normalized spacial score (nSPS) is 14.4. The number of benzene rings is 1. The first-order valence-electron chi connectivity index (χ1n) is 6.42. The molecule has 1 aliphatic rings. The van der Waals surface area contributed by atoms with Crippen LogP contribution in [0.1, 0.15) is 29.6 Å². The van der Waals surface area contributed by atoms with Crippen LogP contribution in [0.2, 0.25) is 0 Å². The highest BCUT2D eigenvalue weighted by molar-refractivity contribution is 5.87. The van der Waals surface area contributed by atoms with Crippen molar-refractivity contribution in [1.82, 2.24) is 5.32 Å². The van der Waals surface area contributed by atoms with E-state index in [1.165, 1.54) is 19.3 Å². The number of carboxylic acid groups (broad SMARTS) is 1. The van der Waals surface area contributed by atoms with E-state index in [1.807, 2.05) is 0 Å². The van der Waals surface area contributed by atoms with Crippen LogP contribution in [0.5, 0.6) is 5.75 Å². The van der Waals surface area contributed by atoms with Crippen LogP contribution in [-0.4, -0.2) is 30.8 Å². The minimum Gasteiger partial charge on any atom is -0.492 e. The van der Waals surface area contributed by atoms with E-state index in [-0.39, 0.29) is 5.56 Å². The molecule has 0 atom stereocenters. The van der Waals surface area contributed by atoms with Gasteiger partial charge in [-0.2, -0.15) is 0 Å². The van der Waals surface area contributed by atoms with Crippen molar-refractivity contribution in [3.05, 3.63) is 29.8 Å². The van der Waals surface area contributed by atoms with E-state index in [0.717, 1.165) is 19.0 Å². The van der Waals surface area contributed by atoms with Gasteiger partial charge < -0.3 is 15.2 Å². The Balaban J connectivity index is 1.58. The van der Waals surface area contributed by atoms with E-state index in [0.29, 0.717) is 12.4 Å². The van der Waals surface area contributed by atoms with Gasteiger partial charge in [-0.3, -0.25) is 0 Å². The van der Waals surface area contributed by atoms with Gasteiger partial charge in [0.1, 0.15) is 12.4 Å². The predicted octanol–water partition coefficient (Wildman–Crippen LogP) is 2.15. The van der Waals surface area contributed by atoms with E-state index in [9.17, 15) is 4.79 Å². The van der Waals surface area contributed by atoms with Crippen molar-refractivity contribution < 1.29 is 14.6 Å². The number of carboxylic acids is 1. The zero-order valence-electron chi connectivity index (χ0n) is 10.4. The molecule has 1 aromatic rings. The lowest BCUT2D eigenvalue weighted by Crippen LogP contribution is -2.22. The molecule has 0 spiro atoms. The number of ether oxygens (including phenoxy) is 1. The Kier molecular flexibility index (Phi) is 4.59. The van der Waals surface area contributed by atoms with E-state index >= 15 is 0 Å². The summed E-state index contributed by atoms with van der Waals surface area (Å²) < 4.78 is 5.51. The summed E-state index contributed by atoms with van der Waals surface area (Å²) in [5.41, 5.74) is 0.282. The molecule has 2 rings (SSSR count). The monoisotopic (exact) mass is 249 g/mol. The Morgan fingerprint density at radius 3 is 2.61 bits per heavy atom. The van der Waals surface area contributed by atoms with Gasteiger partial charge in [-0.1, -0.05) is 12.8 Å². The van der Waals surface area contributed by atoms with Gasteiger partial charge in [0.05, 0.1) is 5.56 Å². The zero-order valence-corrected chi connectivity index (χ0v) is 10.4. The predicted molar refractivity (Wildman–Crippen MR) is 69.1 cm³/mol. The third-order valence-corrected chi connectivity index (χ3v) is 3.08. The molecular weight excluding hydrogens is 230 g/mol. The third-order valence-electron chi connectivity index (χ3n) is 3.08. The SMILES string of the molecule is O=C(O)c1ccc(OCCNCCC2CC2)cc1. The fourth-order valence-corrected chi connectivity index (χ4v) is 1.77. The fraction of sp³-hybridized carbons (Fsp3) is 0.500. The summed E-state index contributed by atoms with van der Waals surface area (Å²) >= 11 is 0. The molecule has 4 nitrogen and oxygen atoms in total. The van der Waals surface area contributed by atoms with Gasteiger partial charge >= 0.3 is 5.97 Å². The molecule has 1 aliphatic carbocycles. The molecule has 4 heteroatoms. The fourth-order valence-electron chi connectivity index (χ4n) is 1.77. The van der Waals surface area contributed by atoms with Crippen molar-refractivity contribution in [1.29, 1.82) is 0 Å². The lowest BCUT2D eigenvalue weighted by Gasteiger charge is -2.07. The van der Waals surface area contributed by atoms with Crippen LogP contribution in [0, 0.1) is 5.92 Å². The van der Waals surface area contributed by atoms with Crippen LogP contribution < -0.4 is 10.1 Å². The quantitative estimate of drug-likeness (QED) is 0.693. The van der Waals surface area contributed by atoms with Gasteiger partial charge in [-0.25, -0.2) is 4.79 Å². The summed E-state index contributed by atoms with van der Waals surface area (Å²) in [6, 6.07) is 6.48. The molecule has 2 N–H and O–H groups in total. The number of carbonyl (C=O) groups is 1. The average Bonchev–Trinajstić information content (AvgIpc) is 3.18. The summed E-state index contributed by atoms with van der Waals surface area (Å²) in [6.07, 6.45) is 4.07. The number of nitrogens with one attached hydrogen (secondary N) is 1. The summed E-state index contributed by atoms with van der Waals surface area (Å²) in [4.78, 5) is 10.7. The van der Waals surface area contributed by atoms with E-state index in [4.69, 9.17) is 9.84 Å². The molecule has 0 amide bonds. The molecule has 1 saturated carbocycles. The minimum atomic E-state index is -0.914. The van der Waals surface area contributed by atoms with Crippen LogP contribution in [0.3, 0.4) is 0 Å². The van der Waals surface area contributed by atoms with E-state index < -0.39 is 5.97 Å². The maximum absolute atomic E-state index is 10.7. The van der Waals surface area contributed by atoms with Crippen molar-refractivity contribution in [3.8, 4) is 5.75 Å². The van der Waals surface area contributed by atoms with Crippen molar-refractivity contribution in [3.63, 3.8) is 0 Å². The molecule has 0 saturated heterocycles. The molecule has 18 heavy (non-hydrogen) atoms. The van der Waals surface area contributed by atoms with Crippen LogP contribution in [0.4, 0.5) is 0 Å². The van der Waals surface area contributed by atoms with E-state index in [1.54, 1.807) is 24.3 Å². The van der Waals surface area contributed by atoms with Gasteiger partial charge in [-0.15, -0.1) is 0 Å². The zero-order chi connectivity index (χ0) is 12.8. The summed E-state index contributed by atoms with van der Waals surface area (Å²) in [5, 5.41) is 12.1. The summed E-state index contributed by atoms with van der Waals surface area (Å²) in [5.74, 6) is 0.759. The van der Waals surface area contributed by atoms with Gasteiger partial charge in [0.15, 0.2) is 0 Å². The number of hydrogen-bond donors (Lipinski definition) is 2. The second-order valence-electron chi connectivity index (χ2n) is 4.66. The first-order valence-corrected chi connectivity index (χ1v) is 6.42. The molecule has 1 aromatic carbocycles. The Morgan fingerprint density at radius 1 is 1.28 bits per heavy atom. The largest absolute Gasteiger partial charge is 0.492 e. The Hall–Kier alpha value is -1.55. The second kappa shape index (κ2) is 6.40. The van der Waals surface area contributed by atoms with Crippen molar-refractivity contribution >= 4 is 5.97 Å². The lowest BCUT2D eigenvalue weighted by molar-refractivity contribution is 0.0697. The van der Waals surface area contributed by atoms with Crippen LogP contribution in [0.15, 0.2) is 24.3 Å². The van der Waals surface area contributed by atoms with E-state index in [2.05, 4.69) is 5.32 Å². The molecule has 0 aromatic heterocycles. The molecule has 1 fully saturated rings. The molecule has 0 heterocycles. The third kappa shape index (κ3) is 4.37. The maximum atomic E-state index is 10.7. The van der Waals surface area contributed by atoms with Crippen molar-refractivity contribution in [2.75, 3.05) is 19.7 Å². The molecule has 0 bridgehead atoms. The number of rotatable bonds is 8. The number of aromatic carboxylic acids is 1. The highest BCUT2D eigenvalue weighted by Gasteiger charge is 2.19. The molecule has 0 aliphatic heterocycles. The van der Waals surface area contributed by atoms with Gasteiger partial charge in [0.25, 0.3) is 0 Å². The summed E-state index contributed by atoms with van der Waals surface area (Å²) in [6.45, 7) is 2.50. The van der Waals surface area contributed by atoms with Crippen LogP contribution in [-0.2, 0) is 0 Å². The first-order chi connectivity index (χ1) is 8.75. The summed E-state index contributed by atoms with van der Waals surface area (Å²) in [7, 11) is 0. The topological polar surface area (TPSA) is 58.6 Å². The lowest BCUT2D eigenvalue weighted by atomic mass is 10.2. The highest BCUT2D eigenvalue weighted by atomic mass is 16.5. The molecule has 0 unspecified atom stereocenters. The minimum absolute atomic E-state index is 0.282. The van der Waals surface area contributed by atoms with Gasteiger partial charge in [0, 0.05) is 6.54 Å². The smallest absolute Gasteiger partial charge is 0.335 e. The Bertz CT molecular complexity index is 385. The Morgan fingerprint density at radius 2 is 2.00 bits per heavy atom. The molecule has 0 radical (unpaired) electrons. The molecule has 98 valence electrons. The average molecular weight is 249 g/mol. The first kappa shape index (κ1) is 12.9. The van der Waals surface area contributed by atoms with Crippen LogP contribution in [0.25, 0.3) is 0 Å². The second-order valence-corrected chi connectivity index (χ2v) is 4.66. The van der Waals surface area contributed by atoms with Gasteiger partial charge in [-0.05, 0) is 43.1 Å². The van der Waals surface area contributed by atoms with Crippen molar-refractivity contribution in [2.45, 2.75) is 19.3 Å². The Labute approximate surface area is 107 Å². The van der Waals surface area contributed by atoms with Gasteiger partial charge in [0.2, 0.25) is 0 Å². The standard InChI is InChI=1S/C14H19NO3/c16-14(17)12-3-5-13(6-4-12)18-10-9-15-8-7-11-1-2-11/h3-6,11,15H,1-2,7-10H2,(H,16,17). The maximum Gasteiger partial charge on any atom is 0.335 e. The molecular formula is C14H19NO3. The van der Waals surface area contributed by atoms with Crippen molar-refractivity contribution in [2.24, 2.45) is 5.92 Å².